The second-order valence-corrected chi connectivity index (χ2v) is 8.28. The molecule has 108 valence electrons. The molecule has 1 heterocycles. The van der Waals surface area contributed by atoms with Crippen LogP contribution in [0.4, 0.5) is 0 Å². The molecule has 5 rings (SSSR count). The maximum absolute atomic E-state index is 6.65. The Hall–Kier alpha value is -0.610. The lowest BCUT2D eigenvalue weighted by Gasteiger charge is -2.59. The predicted molar refractivity (Wildman–Crippen MR) is 81.3 cm³/mol. The van der Waals surface area contributed by atoms with Crippen molar-refractivity contribution in [3.63, 3.8) is 0 Å². The van der Waals surface area contributed by atoms with E-state index in [2.05, 4.69) is 9.97 Å². The summed E-state index contributed by atoms with van der Waals surface area (Å²) < 4.78 is 0. The Labute approximate surface area is 125 Å². The van der Waals surface area contributed by atoms with Gasteiger partial charge >= 0.3 is 0 Å². The molecule has 4 fully saturated rings. The van der Waals surface area contributed by atoms with Crippen molar-refractivity contribution < 1.29 is 0 Å². The SMILES string of the molecule is NC(CSc1cnccn1)C12CC3CC(CC(C3)C1)C2. The van der Waals surface area contributed by atoms with Crippen LogP contribution in [0, 0.1) is 23.2 Å². The minimum atomic E-state index is 0.322. The summed E-state index contributed by atoms with van der Waals surface area (Å²) in [6.45, 7) is 0. The number of hydrogen-bond donors (Lipinski definition) is 1. The molecular formula is C16H23N3S. The molecule has 4 heteroatoms. The van der Waals surface area contributed by atoms with Crippen LogP contribution in [0.3, 0.4) is 0 Å². The van der Waals surface area contributed by atoms with E-state index in [0.717, 1.165) is 28.5 Å². The minimum Gasteiger partial charge on any atom is -0.326 e. The van der Waals surface area contributed by atoms with E-state index in [1.54, 1.807) is 24.2 Å². The van der Waals surface area contributed by atoms with Crippen molar-refractivity contribution in [3.05, 3.63) is 18.6 Å². The molecule has 2 N–H and O–H groups in total. The van der Waals surface area contributed by atoms with Crippen LogP contribution in [0.1, 0.15) is 38.5 Å². The second-order valence-electron chi connectivity index (χ2n) is 7.24. The van der Waals surface area contributed by atoms with Crippen LogP contribution in [-0.4, -0.2) is 21.8 Å². The molecule has 20 heavy (non-hydrogen) atoms. The van der Waals surface area contributed by atoms with Crippen molar-refractivity contribution in [2.75, 3.05) is 5.75 Å². The molecule has 1 unspecified atom stereocenters. The zero-order valence-electron chi connectivity index (χ0n) is 11.9. The Morgan fingerprint density at radius 3 is 2.35 bits per heavy atom. The van der Waals surface area contributed by atoms with Gasteiger partial charge in [-0.1, -0.05) is 0 Å². The van der Waals surface area contributed by atoms with E-state index in [1.165, 1.54) is 38.5 Å². The number of rotatable bonds is 4. The van der Waals surface area contributed by atoms with Gasteiger partial charge in [0, 0.05) is 24.2 Å². The fourth-order valence-corrected chi connectivity index (χ4v) is 6.32. The lowest BCUT2D eigenvalue weighted by Crippen LogP contribution is -2.55. The summed E-state index contributed by atoms with van der Waals surface area (Å²) in [5.74, 6) is 3.93. The highest BCUT2D eigenvalue weighted by atomic mass is 32.2. The molecule has 4 aliphatic carbocycles. The Morgan fingerprint density at radius 1 is 1.15 bits per heavy atom. The highest BCUT2D eigenvalue weighted by Gasteiger charge is 2.53. The predicted octanol–water partition coefficient (Wildman–Crippen LogP) is 3.11. The maximum Gasteiger partial charge on any atom is 0.114 e. The third kappa shape index (κ3) is 2.27. The number of aromatic nitrogens is 2. The van der Waals surface area contributed by atoms with E-state index >= 15 is 0 Å². The second kappa shape index (κ2) is 4.99. The number of thioether (sulfide) groups is 1. The average molecular weight is 289 g/mol. The van der Waals surface area contributed by atoms with Gasteiger partial charge in [0.25, 0.3) is 0 Å². The van der Waals surface area contributed by atoms with Gasteiger partial charge in [0.05, 0.1) is 6.20 Å². The average Bonchev–Trinajstić information content (AvgIpc) is 2.44. The monoisotopic (exact) mass is 289 g/mol. The number of hydrogen-bond acceptors (Lipinski definition) is 4. The lowest BCUT2D eigenvalue weighted by atomic mass is 9.48. The fraction of sp³-hybridized carbons (Fsp3) is 0.750. The summed E-state index contributed by atoms with van der Waals surface area (Å²) in [6, 6.07) is 0.322. The first-order valence-electron chi connectivity index (χ1n) is 7.88. The van der Waals surface area contributed by atoms with Crippen molar-refractivity contribution in [3.8, 4) is 0 Å². The third-order valence-electron chi connectivity index (χ3n) is 5.82. The molecule has 0 spiro atoms. The molecule has 3 nitrogen and oxygen atoms in total. The van der Waals surface area contributed by atoms with Crippen LogP contribution in [0.15, 0.2) is 23.6 Å². The summed E-state index contributed by atoms with van der Waals surface area (Å²) in [4.78, 5) is 8.47. The molecule has 1 aromatic heterocycles. The lowest BCUT2D eigenvalue weighted by molar-refractivity contribution is -0.0629. The molecule has 0 saturated heterocycles. The van der Waals surface area contributed by atoms with Crippen molar-refractivity contribution in [2.24, 2.45) is 28.9 Å². The molecule has 1 aromatic rings. The Bertz CT molecular complexity index is 441. The van der Waals surface area contributed by atoms with Gasteiger partial charge in [-0.3, -0.25) is 4.98 Å². The van der Waals surface area contributed by atoms with E-state index < -0.39 is 0 Å². The summed E-state index contributed by atoms with van der Waals surface area (Å²) in [5, 5.41) is 1.01. The molecule has 4 aliphatic rings. The molecular weight excluding hydrogens is 266 g/mol. The van der Waals surface area contributed by atoms with E-state index in [-0.39, 0.29) is 0 Å². The largest absolute Gasteiger partial charge is 0.326 e. The van der Waals surface area contributed by atoms with Gasteiger partial charge in [0.1, 0.15) is 5.03 Å². The molecule has 1 atom stereocenters. The van der Waals surface area contributed by atoms with Gasteiger partial charge in [0.2, 0.25) is 0 Å². The van der Waals surface area contributed by atoms with Crippen molar-refractivity contribution in [2.45, 2.75) is 49.6 Å². The van der Waals surface area contributed by atoms with Crippen LogP contribution in [0.5, 0.6) is 0 Å². The summed E-state index contributed by atoms with van der Waals surface area (Å²) in [5.41, 5.74) is 7.10. The molecule has 0 aliphatic heterocycles. The van der Waals surface area contributed by atoms with Gasteiger partial charge < -0.3 is 5.73 Å². The molecule has 0 amide bonds. The highest BCUT2D eigenvalue weighted by Crippen LogP contribution is 2.61. The highest BCUT2D eigenvalue weighted by molar-refractivity contribution is 7.99. The van der Waals surface area contributed by atoms with Crippen LogP contribution < -0.4 is 5.73 Å². The smallest absolute Gasteiger partial charge is 0.114 e. The summed E-state index contributed by atoms with van der Waals surface area (Å²) >= 11 is 1.78. The first kappa shape index (κ1) is 13.1. The molecule has 0 aromatic carbocycles. The third-order valence-corrected chi connectivity index (χ3v) is 6.85. The van der Waals surface area contributed by atoms with Crippen LogP contribution in [0.25, 0.3) is 0 Å². The van der Waals surface area contributed by atoms with E-state index in [4.69, 9.17) is 5.73 Å². The summed E-state index contributed by atoms with van der Waals surface area (Å²) in [6.07, 6.45) is 14.0. The quantitative estimate of drug-likeness (QED) is 0.865. The van der Waals surface area contributed by atoms with Gasteiger partial charge in [0.15, 0.2) is 0 Å². The minimum absolute atomic E-state index is 0.322. The zero-order chi connectivity index (χ0) is 13.6. The Balaban J connectivity index is 1.44. The van der Waals surface area contributed by atoms with Gasteiger partial charge in [-0.05, 0) is 61.7 Å². The van der Waals surface area contributed by atoms with Crippen LogP contribution in [0.2, 0.25) is 0 Å². The number of nitrogens with zero attached hydrogens (tertiary/aromatic N) is 2. The first-order valence-corrected chi connectivity index (χ1v) is 8.86. The normalized spacial score (nSPS) is 40.0. The van der Waals surface area contributed by atoms with Gasteiger partial charge in [-0.2, -0.15) is 0 Å². The van der Waals surface area contributed by atoms with Crippen molar-refractivity contribution in [1.82, 2.24) is 9.97 Å². The van der Waals surface area contributed by atoms with Crippen molar-refractivity contribution >= 4 is 11.8 Å². The summed E-state index contributed by atoms with van der Waals surface area (Å²) in [7, 11) is 0. The van der Waals surface area contributed by atoms with Gasteiger partial charge in [-0.15, -0.1) is 11.8 Å². The Kier molecular flexibility index (Phi) is 3.26. The molecule has 4 bridgehead atoms. The van der Waals surface area contributed by atoms with Crippen LogP contribution in [-0.2, 0) is 0 Å². The zero-order valence-corrected chi connectivity index (χ0v) is 12.7. The van der Waals surface area contributed by atoms with Gasteiger partial charge in [-0.25, -0.2) is 4.98 Å². The molecule has 0 radical (unpaired) electrons. The number of nitrogens with two attached hydrogens (primary N) is 1. The topological polar surface area (TPSA) is 51.8 Å². The maximum atomic E-state index is 6.65. The first-order chi connectivity index (χ1) is 9.73. The van der Waals surface area contributed by atoms with E-state index in [1.807, 2.05) is 6.20 Å². The fourth-order valence-electron chi connectivity index (χ4n) is 5.34. The van der Waals surface area contributed by atoms with E-state index in [0.29, 0.717) is 11.5 Å². The van der Waals surface area contributed by atoms with Crippen molar-refractivity contribution in [1.29, 1.82) is 0 Å². The molecule has 4 saturated carbocycles. The Morgan fingerprint density at radius 2 is 1.80 bits per heavy atom. The van der Waals surface area contributed by atoms with Crippen LogP contribution >= 0.6 is 11.8 Å². The standard InChI is InChI=1S/C16H23N3S/c17-14(10-20-15-9-18-1-2-19-15)16-6-11-3-12(7-16)5-13(4-11)8-16/h1-2,9,11-14H,3-8,10,17H2. The van der Waals surface area contributed by atoms with E-state index in [9.17, 15) is 0 Å².